The highest BCUT2D eigenvalue weighted by Gasteiger charge is 2.39. The zero-order valence-corrected chi connectivity index (χ0v) is 19.1. The van der Waals surface area contributed by atoms with Gasteiger partial charge in [-0.3, -0.25) is 4.79 Å². The molecule has 2 aromatic rings. The van der Waals surface area contributed by atoms with E-state index in [4.69, 9.17) is 33.7 Å². The Hall–Kier alpha value is -1.71. The molecule has 1 aliphatic rings. The van der Waals surface area contributed by atoms with Crippen LogP contribution in [0.15, 0.2) is 47.4 Å². The first kappa shape index (κ1) is 23.9. The van der Waals surface area contributed by atoms with Gasteiger partial charge in [-0.2, -0.15) is 4.31 Å². The second-order valence-corrected chi connectivity index (χ2v) is 10.4. The highest BCUT2D eigenvalue weighted by Crippen LogP contribution is 2.31. The number of piperidine rings is 1. The number of nitrogens with two attached hydrogens (primary N) is 1. The lowest BCUT2D eigenvalue weighted by Crippen LogP contribution is -2.49. The number of carbonyl (C=O) groups is 1. The second-order valence-electron chi connectivity index (χ2n) is 7.68. The summed E-state index contributed by atoms with van der Waals surface area (Å²) in [6, 6.07) is 8.65. The zero-order chi connectivity index (χ0) is 22.8. The third-order valence-electron chi connectivity index (χ3n) is 5.13. The van der Waals surface area contributed by atoms with Gasteiger partial charge in [-0.05, 0) is 54.7 Å². The smallest absolute Gasteiger partial charge is 0.324 e. The molecule has 0 spiro atoms. The molecule has 3 atom stereocenters. The molecule has 2 aromatic carbocycles. The number of carbonyl (C=O) groups excluding carboxylic acids is 1. The van der Waals surface area contributed by atoms with Crippen LogP contribution in [0.3, 0.4) is 0 Å². The molecule has 1 fully saturated rings. The van der Waals surface area contributed by atoms with Gasteiger partial charge in [0.15, 0.2) is 6.23 Å². The molecule has 31 heavy (non-hydrogen) atoms. The summed E-state index contributed by atoms with van der Waals surface area (Å²) in [5.74, 6) is -0.966. The van der Waals surface area contributed by atoms with Crippen LogP contribution >= 0.6 is 23.2 Å². The van der Waals surface area contributed by atoms with Gasteiger partial charge >= 0.3 is 5.97 Å². The molecule has 0 amide bonds. The van der Waals surface area contributed by atoms with Crippen LogP contribution in [-0.2, 0) is 26.0 Å². The normalized spacial score (nSPS) is 20.9. The number of nitrogens with zero attached hydrogens (tertiary/aromatic N) is 1. The van der Waals surface area contributed by atoms with E-state index < -0.39 is 34.1 Å². The van der Waals surface area contributed by atoms with E-state index in [2.05, 4.69) is 0 Å². The zero-order valence-electron chi connectivity index (χ0n) is 16.8. The van der Waals surface area contributed by atoms with Gasteiger partial charge in [0.05, 0.1) is 4.90 Å². The number of benzene rings is 2. The molecule has 1 saturated heterocycles. The number of esters is 1. The van der Waals surface area contributed by atoms with Crippen LogP contribution in [0.1, 0.15) is 25.3 Å². The van der Waals surface area contributed by atoms with Gasteiger partial charge in [0.2, 0.25) is 10.0 Å². The van der Waals surface area contributed by atoms with Gasteiger partial charge in [-0.15, -0.1) is 0 Å². The van der Waals surface area contributed by atoms with Gasteiger partial charge < -0.3 is 10.5 Å². The third-order valence-corrected chi connectivity index (χ3v) is 7.44. The Balaban J connectivity index is 1.78. The van der Waals surface area contributed by atoms with Gasteiger partial charge in [-0.1, -0.05) is 42.3 Å². The minimum Gasteiger partial charge on any atom is -0.444 e. The van der Waals surface area contributed by atoms with Crippen LogP contribution in [0.25, 0.3) is 0 Å². The number of sulfonamides is 1. The molecule has 1 aliphatic heterocycles. The number of halogens is 3. The molecule has 3 rings (SSSR count). The Kier molecular flexibility index (Phi) is 7.59. The van der Waals surface area contributed by atoms with E-state index in [9.17, 15) is 17.6 Å². The molecule has 2 unspecified atom stereocenters. The van der Waals surface area contributed by atoms with Crippen molar-refractivity contribution in [2.75, 3.05) is 6.54 Å². The van der Waals surface area contributed by atoms with E-state index in [1.54, 1.807) is 0 Å². The number of hydrogen-bond donors (Lipinski definition) is 1. The summed E-state index contributed by atoms with van der Waals surface area (Å²) in [7, 11) is -4.01. The predicted molar refractivity (Wildman–Crippen MR) is 117 cm³/mol. The van der Waals surface area contributed by atoms with Crippen molar-refractivity contribution in [2.45, 2.75) is 43.4 Å². The number of hydrogen-bond acceptors (Lipinski definition) is 5. The maximum absolute atomic E-state index is 13.2. The molecule has 0 saturated carbocycles. The molecular weight excluding hydrogens is 466 g/mol. The van der Waals surface area contributed by atoms with E-state index in [0.29, 0.717) is 18.4 Å². The molecule has 10 heteroatoms. The highest BCUT2D eigenvalue weighted by molar-refractivity contribution is 7.89. The van der Waals surface area contributed by atoms with Gasteiger partial charge in [0, 0.05) is 23.0 Å². The summed E-state index contributed by atoms with van der Waals surface area (Å²) in [6.45, 7) is 2.14. The first-order valence-corrected chi connectivity index (χ1v) is 11.9. The van der Waals surface area contributed by atoms with Gasteiger partial charge in [0.1, 0.15) is 11.9 Å². The Bertz CT molecular complexity index is 1030. The second kappa shape index (κ2) is 9.83. The SMILES string of the molecule is CC1CCN(S(=O)(=O)c2cc(Cl)cc(Cl)c2)C(OC(=O)[C@@H](N)Cc2ccc(F)cc2)C1. The Morgan fingerprint density at radius 1 is 1.23 bits per heavy atom. The minimum absolute atomic E-state index is 0.0730. The van der Waals surface area contributed by atoms with Crippen molar-refractivity contribution in [2.24, 2.45) is 11.7 Å². The fraction of sp³-hybridized carbons (Fsp3) is 0.381. The Morgan fingerprint density at radius 2 is 1.84 bits per heavy atom. The maximum atomic E-state index is 13.2. The van der Waals surface area contributed by atoms with Crippen molar-refractivity contribution in [3.8, 4) is 0 Å². The van der Waals surface area contributed by atoms with E-state index in [1.807, 2.05) is 6.92 Å². The molecule has 1 heterocycles. The van der Waals surface area contributed by atoms with Crippen LogP contribution in [0.5, 0.6) is 0 Å². The number of ether oxygens (including phenoxy) is 1. The van der Waals surface area contributed by atoms with Crippen molar-refractivity contribution in [3.05, 3.63) is 63.9 Å². The lowest BCUT2D eigenvalue weighted by molar-refractivity contribution is -0.159. The van der Waals surface area contributed by atoms with Crippen LogP contribution < -0.4 is 5.73 Å². The molecule has 6 nitrogen and oxygen atoms in total. The Labute approximate surface area is 191 Å². The first-order chi connectivity index (χ1) is 14.6. The predicted octanol–water partition coefficient (Wildman–Crippen LogP) is 3.99. The van der Waals surface area contributed by atoms with Crippen molar-refractivity contribution in [1.29, 1.82) is 0 Å². The van der Waals surface area contributed by atoms with Crippen LogP contribution in [-0.4, -0.2) is 37.5 Å². The lowest BCUT2D eigenvalue weighted by atomic mass is 9.99. The summed E-state index contributed by atoms with van der Waals surface area (Å²) in [6.07, 6.45) is 0.0855. The average Bonchev–Trinajstić information content (AvgIpc) is 2.68. The van der Waals surface area contributed by atoms with Gasteiger partial charge in [-0.25, -0.2) is 12.8 Å². The topological polar surface area (TPSA) is 89.7 Å². The molecule has 0 aliphatic carbocycles. The largest absolute Gasteiger partial charge is 0.444 e. The average molecular weight is 489 g/mol. The van der Waals surface area contributed by atoms with Gasteiger partial charge in [0.25, 0.3) is 0 Å². The summed E-state index contributed by atoms with van der Waals surface area (Å²) in [4.78, 5) is 12.5. The highest BCUT2D eigenvalue weighted by atomic mass is 35.5. The lowest BCUT2D eigenvalue weighted by Gasteiger charge is -2.37. The monoisotopic (exact) mass is 488 g/mol. The minimum atomic E-state index is -4.01. The summed E-state index contributed by atoms with van der Waals surface area (Å²) in [5, 5.41) is 0.373. The van der Waals surface area contributed by atoms with Crippen LogP contribution in [0.2, 0.25) is 10.0 Å². The number of rotatable bonds is 6. The van der Waals surface area contributed by atoms with E-state index in [1.165, 1.54) is 42.5 Å². The molecule has 0 aromatic heterocycles. The first-order valence-electron chi connectivity index (χ1n) is 9.74. The van der Waals surface area contributed by atoms with Crippen molar-refractivity contribution >= 4 is 39.2 Å². The maximum Gasteiger partial charge on any atom is 0.324 e. The third kappa shape index (κ3) is 5.96. The summed E-state index contributed by atoms with van der Waals surface area (Å²) >= 11 is 11.9. The van der Waals surface area contributed by atoms with Crippen LogP contribution in [0, 0.1) is 11.7 Å². The quantitative estimate of drug-likeness (QED) is 0.620. The van der Waals surface area contributed by atoms with E-state index >= 15 is 0 Å². The summed E-state index contributed by atoms with van der Waals surface area (Å²) in [5.41, 5.74) is 6.64. The van der Waals surface area contributed by atoms with Crippen molar-refractivity contribution in [1.82, 2.24) is 4.31 Å². The van der Waals surface area contributed by atoms with Crippen molar-refractivity contribution in [3.63, 3.8) is 0 Å². The fourth-order valence-corrected chi connectivity index (χ4v) is 5.71. The standard InChI is InChI=1S/C21H23Cl2FN2O4S/c1-13-6-7-26(31(28,29)18-11-15(22)10-16(23)12-18)20(8-13)30-21(27)19(25)9-14-2-4-17(24)5-3-14/h2-5,10-13,19-20H,6-9,25H2,1H3/t13?,19-,20?/m0/s1. The molecule has 2 N–H and O–H groups in total. The Morgan fingerprint density at radius 3 is 2.45 bits per heavy atom. The summed E-state index contributed by atoms with van der Waals surface area (Å²) < 4.78 is 46.2. The van der Waals surface area contributed by atoms with Crippen molar-refractivity contribution < 1.29 is 22.3 Å². The molecule has 168 valence electrons. The van der Waals surface area contributed by atoms with E-state index in [-0.39, 0.29) is 33.8 Å². The molecular formula is C21H23Cl2FN2O4S. The van der Waals surface area contributed by atoms with E-state index in [0.717, 1.165) is 4.31 Å². The van der Waals surface area contributed by atoms with Crippen LogP contribution in [0.4, 0.5) is 4.39 Å². The molecule has 0 radical (unpaired) electrons. The fourth-order valence-electron chi connectivity index (χ4n) is 3.45. The molecule has 0 bridgehead atoms.